The Morgan fingerprint density at radius 3 is 2.68 bits per heavy atom. The second-order valence-corrected chi connectivity index (χ2v) is 9.72. The predicted octanol–water partition coefficient (Wildman–Crippen LogP) is 2.99. The highest BCUT2D eigenvalue weighted by Crippen LogP contribution is 2.25. The maximum atomic E-state index is 13.4. The first kappa shape index (κ1) is 23.9. The summed E-state index contributed by atoms with van der Waals surface area (Å²) in [5.74, 6) is -2.32. The van der Waals surface area contributed by atoms with Crippen molar-refractivity contribution in [2.24, 2.45) is 5.92 Å². The molecular weight excluding hydrogens is 470 g/mol. The van der Waals surface area contributed by atoms with Crippen molar-refractivity contribution in [1.29, 1.82) is 0 Å². The number of aryl methyl sites for hydroxylation is 1. The largest absolute Gasteiger partial charge is 0.465 e. The van der Waals surface area contributed by atoms with Crippen LogP contribution in [0.3, 0.4) is 0 Å². The average molecular weight is 493 g/mol. The van der Waals surface area contributed by atoms with Crippen LogP contribution in [0.15, 0.2) is 52.1 Å². The maximum absolute atomic E-state index is 13.4. The van der Waals surface area contributed by atoms with Crippen molar-refractivity contribution in [3.8, 4) is 11.4 Å². The molecule has 0 atom stereocenters. The molecule has 1 fully saturated rings. The Morgan fingerprint density at radius 1 is 1.18 bits per heavy atom. The number of benzene rings is 1. The first-order valence-corrected chi connectivity index (χ1v) is 12.1. The minimum atomic E-state index is -3.97. The van der Waals surface area contributed by atoms with Crippen LogP contribution in [0, 0.1) is 17.6 Å². The third kappa shape index (κ3) is 5.45. The van der Waals surface area contributed by atoms with E-state index in [4.69, 9.17) is 9.26 Å². The molecule has 0 radical (unpaired) electrons. The van der Waals surface area contributed by atoms with Crippen LogP contribution < -0.4 is 0 Å². The third-order valence-corrected chi connectivity index (χ3v) is 7.38. The number of carbonyl (C=O) groups is 1. The van der Waals surface area contributed by atoms with Crippen molar-refractivity contribution < 1.29 is 31.3 Å². The molecule has 2 aromatic heterocycles. The molecule has 0 saturated carbocycles. The summed E-state index contributed by atoms with van der Waals surface area (Å²) >= 11 is 0. The Kier molecular flexibility index (Phi) is 7.27. The third-order valence-electron chi connectivity index (χ3n) is 5.48. The average Bonchev–Trinajstić information content (AvgIpc) is 3.33. The number of carbonyl (C=O) groups excluding carboxylic acids is 1. The smallest absolute Gasteiger partial charge is 0.309 e. The number of nitrogens with zero attached hydrogens (tertiary/aromatic N) is 4. The molecule has 12 heteroatoms. The molecule has 0 aliphatic carbocycles. The summed E-state index contributed by atoms with van der Waals surface area (Å²) in [4.78, 5) is 20.3. The van der Waals surface area contributed by atoms with Gasteiger partial charge in [-0.3, -0.25) is 9.78 Å². The Bertz CT molecular complexity index is 1250. The normalized spacial score (nSPS) is 15.4. The van der Waals surface area contributed by atoms with Crippen molar-refractivity contribution in [1.82, 2.24) is 19.4 Å². The minimum Gasteiger partial charge on any atom is -0.465 e. The minimum absolute atomic E-state index is 0.0835. The SMILES string of the molecule is O=C(OCCCc1nc(-c2cccnc2)no1)C1CCN(S(=O)(=O)c2ccc(F)c(F)c2)CC1. The van der Waals surface area contributed by atoms with E-state index >= 15 is 0 Å². The highest BCUT2D eigenvalue weighted by molar-refractivity contribution is 7.89. The first-order valence-electron chi connectivity index (χ1n) is 10.7. The van der Waals surface area contributed by atoms with E-state index in [2.05, 4.69) is 15.1 Å². The van der Waals surface area contributed by atoms with Crippen molar-refractivity contribution in [2.75, 3.05) is 19.7 Å². The highest BCUT2D eigenvalue weighted by atomic mass is 32.2. The van der Waals surface area contributed by atoms with E-state index in [1.165, 1.54) is 4.31 Å². The summed E-state index contributed by atoms with van der Waals surface area (Å²) < 4.78 is 63.6. The lowest BCUT2D eigenvalue weighted by molar-refractivity contribution is -0.149. The molecular formula is C22H22F2N4O5S. The molecule has 1 aliphatic heterocycles. The van der Waals surface area contributed by atoms with Crippen LogP contribution in [0.25, 0.3) is 11.4 Å². The van der Waals surface area contributed by atoms with Gasteiger partial charge in [0.1, 0.15) is 0 Å². The van der Waals surface area contributed by atoms with Gasteiger partial charge in [0, 0.05) is 37.5 Å². The number of sulfonamides is 1. The number of hydrogen-bond acceptors (Lipinski definition) is 8. The van der Waals surface area contributed by atoms with Gasteiger partial charge in [-0.1, -0.05) is 5.16 Å². The number of esters is 1. The summed E-state index contributed by atoms with van der Waals surface area (Å²) in [5, 5.41) is 3.90. The van der Waals surface area contributed by atoms with Gasteiger partial charge in [0.05, 0.1) is 17.4 Å². The molecule has 0 amide bonds. The van der Waals surface area contributed by atoms with Crippen LogP contribution in [0.5, 0.6) is 0 Å². The fourth-order valence-corrected chi connectivity index (χ4v) is 5.08. The van der Waals surface area contributed by atoms with Gasteiger partial charge in [0.15, 0.2) is 11.6 Å². The summed E-state index contributed by atoms with van der Waals surface area (Å²) in [7, 11) is -3.97. The second kappa shape index (κ2) is 10.3. The van der Waals surface area contributed by atoms with Gasteiger partial charge in [-0.25, -0.2) is 17.2 Å². The predicted molar refractivity (Wildman–Crippen MR) is 115 cm³/mol. The van der Waals surface area contributed by atoms with E-state index in [9.17, 15) is 22.0 Å². The van der Waals surface area contributed by atoms with Gasteiger partial charge in [-0.2, -0.15) is 9.29 Å². The lowest BCUT2D eigenvalue weighted by atomic mass is 9.98. The lowest BCUT2D eigenvalue weighted by Crippen LogP contribution is -2.40. The maximum Gasteiger partial charge on any atom is 0.309 e. The van der Waals surface area contributed by atoms with Gasteiger partial charge in [-0.05, 0) is 49.6 Å². The standard InChI is InChI=1S/C22H22F2N4O5S/c23-18-6-5-17(13-19(18)24)34(30,31)28-10-7-15(8-11-28)22(29)32-12-2-4-20-26-21(27-33-20)16-3-1-9-25-14-16/h1,3,5-6,9,13-15H,2,4,7-8,10-12H2. The lowest BCUT2D eigenvalue weighted by Gasteiger charge is -2.30. The fraction of sp³-hybridized carbons (Fsp3) is 0.364. The van der Waals surface area contributed by atoms with Crippen LogP contribution in [-0.2, 0) is 26.0 Å². The number of rotatable bonds is 8. The number of piperidine rings is 1. The van der Waals surface area contributed by atoms with Crippen molar-refractivity contribution in [3.63, 3.8) is 0 Å². The number of halogens is 2. The zero-order chi connectivity index (χ0) is 24.1. The van der Waals surface area contributed by atoms with E-state index in [-0.39, 0.29) is 37.4 Å². The van der Waals surface area contributed by atoms with E-state index in [0.717, 1.165) is 17.7 Å². The highest BCUT2D eigenvalue weighted by Gasteiger charge is 2.33. The summed E-state index contributed by atoms with van der Waals surface area (Å²) in [6.45, 7) is 0.331. The Balaban J connectivity index is 1.21. The molecule has 34 heavy (non-hydrogen) atoms. The fourth-order valence-electron chi connectivity index (χ4n) is 3.60. The molecule has 3 aromatic rings. The van der Waals surface area contributed by atoms with Crippen LogP contribution in [0.2, 0.25) is 0 Å². The number of pyridine rings is 1. The first-order chi connectivity index (χ1) is 16.3. The van der Waals surface area contributed by atoms with Gasteiger partial charge < -0.3 is 9.26 Å². The Morgan fingerprint density at radius 2 is 1.97 bits per heavy atom. The van der Waals surface area contributed by atoms with Crippen LogP contribution in [0.1, 0.15) is 25.2 Å². The molecule has 1 aliphatic rings. The van der Waals surface area contributed by atoms with Gasteiger partial charge >= 0.3 is 5.97 Å². The molecule has 0 spiro atoms. The number of hydrogen-bond donors (Lipinski definition) is 0. The van der Waals surface area contributed by atoms with E-state index in [1.54, 1.807) is 18.5 Å². The Labute approximate surface area is 194 Å². The topological polar surface area (TPSA) is 115 Å². The molecule has 1 saturated heterocycles. The van der Waals surface area contributed by atoms with Crippen molar-refractivity contribution in [3.05, 3.63) is 60.3 Å². The molecule has 180 valence electrons. The molecule has 0 unspecified atom stereocenters. The Hall–Kier alpha value is -3.25. The molecule has 4 rings (SSSR count). The molecule has 3 heterocycles. The van der Waals surface area contributed by atoms with Crippen LogP contribution in [0.4, 0.5) is 8.78 Å². The monoisotopic (exact) mass is 492 g/mol. The van der Waals surface area contributed by atoms with Gasteiger partial charge in [0.25, 0.3) is 0 Å². The van der Waals surface area contributed by atoms with Crippen molar-refractivity contribution in [2.45, 2.75) is 30.6 Å². The van der Waals surface area contributed by atoms with Crippen LogP contribution >= 0.6 is 0 Å². The van der Waals surface area contributed by atoms with Crippen LogP contribution in [-0.4, -0.2) is 53.5 Å². The van der Waals surface area contributed by atoms with E-state index in [1.807, 2.05) is 6.07 Å². The van der Waals surface area contributed by atoms with Gasteiger partial charge in [-0.15, -0.1) is 0 Å². The van der Waals surface area contributed by atoms with Gasteiger partial charge in [0.2, 0.25) is 21.7 Å². The van der Waals surface area contributed by atoms with E-state index in [0.29, 0.717) is 30.6 Å². The number of aromatic nitrogens is 3. The summed E-state index contributed by atoms with van der Waals surface area (Å²) in [6.07, 6.45) is 4.76. The number of ether oxygens (including phenoxy) is 1. The molecule has 0 N–H and O–H groups in total. The van der Waals surface area contributed by atoms with E-state index < -0.39 is 33.5 Å². The second-order valence-electron chi connectivity index (χ2n) is 7.78. The molecule has 1 aromatic carbocycles. The quantitative estimate of drug-likeness (QED) is 0.348. The zero-order valence-electron chi connectivity index (χ0n) is 18.1. The zero-order valence-corrected chi connectivity index (χ0v) is 18.9. The summed E-state index contributed by atoms with van der Waals surface area (Å²) in [6, 6.07) is 6.05. The van der Waals surface area contributed by atoms with Crippen molar-refractivity contribution >= 4 is 16.0 Å². The molecule has 0 bridgehead atoms. The summed E-state index contributed by atoms with van der Waals surface area (Å²) in [5.41, 5.74) is 0.738. The molecule has 9 nitrogen and oxygen atoms in total.